The fourth-order valence-electron chi connectivity index (χ4n) is 2.89. The molecule has 0 spiro atoms. The Kier molecular flexibility index (Phi) is 5.75. The third kappa shape index (κ3) is 4.37. The number of nitrogens with one attached hydrogen (secondary N) is 1. The first-order valence-corrected chi connectivity index (χ1v) is 7.98. The summed E-state index contributed by atoms with van der Waals surface area (Å²) >= 11 is 6.23. The molecule has 0 aliphatic carbocycles. The van der Waals surface area contributed by atoms with Crippen LogP contribution in [-0.2, 0) is 6.18 Å². The van der Waals surface area contributed by atoms with Crippen molar-refractivity contribution in [1.82, 2.24) is 10.2 Å². The molecule has 1 aliphatic rings. The van der Waals surface area contributed by atoms with Gasteiger partial charge >= 0.3 is 6.18 Å². The summed E-state index contributed by atoms with van der Waals surface area (Å²) in [6.45, 7) is 7.51. The van der Waals surface area contributed by atoms with Crippen molar-refractivity contribution >= 4 is 11.6 Å². The van der Waals surface area contributed by atoms with Crippen molar-refractivity contribution in [2.24, 2.45) is 5.92 Å². The minimum Gasteiger partial charge on any atom is -0.314 e. The zero-order valence-corrected chi connectivity index (χ0v) is 13.6. The van der Waals surface area contributed by atoms with Crippen molar-refractivity contribution in [3.8, 4) is 0 Å². The molecule has 0 aromatic heterocycles. The number of alkyl halides is 3. The van der Waals surface area contributed by atoms with Crippen LogP contribution in [0.15, 0.2) is 18.2 Å². The lowest BCUT2D eigenvalue weighted by molar-refractivity contribution is -0.137. The summed E-state index contributed by atoms with van der Waals surface area (Å²) in [4.78, 5) is 2.23. The highest BCUT2D eigenvalue weighted by Gasteiger charge is 2.33. The smallest absolute Gasteiger partial charge is 0.314 e. The number of nitrogens with zero attached hydrogens (tertiary/aromatic N) is 1. The molecule has 1 N–H and O–H groups in total. The van der Waals surface area contributed by atoms with E-state index in [4.69, 9.17) is 11.6 Å². The normalized spacial score (nSPS) is 18.7. The molecule has 2 rings (SSSR count). The van der Waals surface area contributed by atoms with Crippen LogP contribution in [0.5, 0.6) is 0 Å². The maximum Gasteiger partial charge on any atom is 0.416 e. The third-order valence-electron chi connectivity index (χ3n) is 3.97. The minimum absolute atomic E-state index is 0.0723. The zero-order chi connectivity index (χ0) is 16.3. The summed E-state index contributed by atoms with van der Waals surface area (Å²) in [6.07, 6.45) is -3.55. The highest BCUT2D eigenvalue weighted by atomic mass is 35.5. The van der Waals surface area contributed by atoms with E-state index in [1.54, 1.807) is 0 Å². The Labute approximate surface area is 134 Å². The molecule has 0 amide bonds. The van der Waals surface area contributed by atoms with Gasteiger partial charge in [-0.3, -0.25) is 4.90 Å². The fourth-order valence-corrected chi connectivity index (χ4v) is 3.13. The molecule has 0 bridgehead atoms. The van der Waals surface area contributed by atoms with Crippen LogP contribution in [0.25, 0.3) is 0 Å². The molecule has 6 heteroatoms. The molecule has 0 unspecified atom stereocenters. The van der Waals surface area contributed by atoms with Crippen molar-refractivity contribution < 1.29 is 13.2 Å². The van der Waals surface area contributed by atoms with E-state index in [-0.39, 0.29) is 6.04 Å². The van der Waals surface area contributed by atoms with Crippen LogP contribution in [0.1, 0.15) is 37.4 Å². The molecule has 22 heavy (non-hydrogen) atoms. The summed E-state index contributed by atoms with van der Waals surface area (Å²) in [5, 5.41) is 3.68. The van der Waals surface area contributed by atoms with Gasteiger partial charge in [0.25, 0.3) is 0 Å². The third-order valence-corrected chi connectivity index (χ3v) is 4.31. The van der Waals surface area contributed by atoms with E-state index in [2.05, 4.69) is 24.1 Å². The van der Waals surface area contributed by atoms with Gasteiger partial charge in [-0.1, -0.05) is 25.4 Å². The van der Waals surface area contributed by atoms with E-state index in [0.717, 1.165) is 38.7 Å². The standard InChI is InChI=1S/C16H22ClF3N2/c1-11(2)9-15(22-7-5-21-6-8-22)13-10-12(16(18,19)20)3-4-14(13)17/h3-4,10-11,15,21H,5-9H2,1-2H3/t15-/m0/s1. The molecule has 1 saturated heterocycles. The number of rotatable bonds is 4. The van der Waals surface area contributed by atoms with Crippen LogP contribution in [0.3, 0.4) is 0 Å². The Hall–Kier alpha value is -0.780. The van der Waals surface area contributed by atoms with Gasteiger partial charge in [-0.25, -0.2) is 0 Å². The van der Waals surface area contributed by atoms with E-state index >= 15 is 0 Å². The molecule has 2 nitrogen and oxygen atoms in total. The Morgan fingerprint density at radius 1 is 1.23 bits per heavy atom. The van der Waals surface area contributed by atoms with Crippen molar-refractivity contribution in [1.29, 1.82) is 0 Å². The second-order valence-electron chi connectivity index (χ2n) is 6.17. The number of piperazine rings is 1. The number of benzene rings is 1. The lowest BCUT2D eigenvalue weighted by Gasteiger charge is -2.36. The highest BCUT2D eigenvalue weighted by molar-refractivity contribution is 6.31. The zero-order valence-electron chi connectivity index (χ0n) is 12.9. The Balaban J connectivity index is 2.37. The van der Waals surface area contributed by atoms with E-state index < -0.39 is 11.7 Å². The van der Waals surface area contributed by atoms with E-state index in [1.165, 1.54) is 12.1 Å². The number of halogens is 4. The number of hydrogen-bond donors (Lipinski definition) is 1. The molecule has 1 atom stereocenters. The van der Waals surface area contributed by atoms with Crippen LogP contribution in [0.2, 0.25) is 5.02 Å². The van der Waals surface area contributed by atoms with Crippen LogP contribution < -0.4 is 5.32 Å². The maximum absolute atomic E-state index is 13.0. The first kappa shape index (κ1) is 17.6. The monoisotopic (exact) mass is 334 g/mol. The SMILES string of the molecule is CC(C)C[C@@H](c1cc(C(F)(F)F)ccc1Cl)N1CCNCC1. The van der Waals surface area contributed by atoms with Crippen molar-refractivity contribution in [3.05, 3.63) is 34.3 Å². The molecule has 1 aliphatic heterocycles. The van der Waals surface area contributed by atoms with E-state index in [0.29, 0.717) is 16.5 Å². The average molecular weight is 335 g/mol. The first-order valence-electron chi connectivity index (χ1n) is 7.60. The molecule has 1 fully saturated rings. The van der Waals surface area contributed by atoms with Crippen LogP contribution in [0, 0.1) is 5.92 Å². The molecule has 0 radical (unpaired) electrons. The fraction of sp³-hybridized carbons (Fsp3) is 0.625. The van der Waals surface area contributed by atoms with Crippen molar-refractivity contribution in [2.75, 3.05) is 26.2 Å². The Bertz CT molecular complexity index is 497. The molecular weight excluding hydrogens is 313 g/mol. The first-order chi connectivity index (χ1) is 10.3. The number of hydrogen-bond acceptors (Lipinski definition) is 2. The van der Waals surface area contributed by atoms with Gasteiger partial charge in [-0.15, -0.1) is 0 Å². The molecule has 0 saturated carbocycles. The predicted molar refractivity (Wildman–Crippen MR) is 83.1 cm³/mol. The summed E-state index contributed by atoms with van der Waals surface area (Å²) in [6, 6.07) is 3.57. The Morgan fingerprint density at radius 2 is 1.86 bits per heavy atom. The highest BCUT2D eigenvalue weighted by Crippen LogP contribution is 2.37. The molecule has 1 aromatic rings. The van der Waals surface area contributed by atoms with Gasteiger partial charge in [-0.05, 0) is 36.1 Å². The summed E-state index contributed by atoms with van der Waals surface area (Å²) in [7, 11) is 0. The quantitative estimate of drug-likeness (QED) is 0.880. The topological polar surface area (TPSA) is 15.3 Å². The van der Waals surface area contributed by atoms with E-state index in [1.807, 2.05) is 0 Å². The molecule has 1 heterocycles. The summed E-state index contributed by atoms with van der Waals surface area (Å²) in [5.74, 6) is 0.380. The van der Waals surface area contributed by atoms with Gasteiger partial charge in [-0.2, -0.15) is 13.2 Å². The van der Waals surface area contributed by atoms with Crippen LogP contribution >= 0.6 is 11.6 Å². The second kappa shape index (κ2) is 7.20. The van der Waals surface area contributed by atoms with Crippen LogP contribution in [0.4, 0.5) is 13.2 Å². The van der Waals surface area contributed by atoms with Gasteiger partial charge in [0.1, 0.15) is 0 Å². The lowest BCUT2D eigenvalue weighted by Crippen LogP contribution is -2.45. The van der Waals surface area contributed by atoms with Gasteiger partial charge in [0, 0.05) is 37.2 Å². The molecular formula is C16H22ClF3N2. The predicted octanol–water partition coefficient (Wildman–Crippen LogP) is 4.35. The summed E-state index contributed by atoms with van der Waals surface area (Å²) in [5.41, 5.74) is -0.0390. The Morgan fingerprint density at radius 3 is 2.41 bits per heavy atom. The average Bonchev–Trinajstić information content (AvgIpc) is 2.45. The molecule has 124 valence electrons. The van der Waals surface area contributed by atoms with Crippen molar-refractivity contribution in [2.45, 2.75) is 32.5 Å². The van der Waals surface area contributed by atoms with Gasteiger partial charge in [0.2, 0.25) is 0 Å². The van der Waals surface area contributed by atoms with E-state index in [9.17, 15) is 13.2 Å². The van der Waals surface area contributed by atoms with Gasteiger partial charge in [0.15, 0.2) is 0 Å². The summed E-state index contributed by atoms with van der Waals surface area (Å²) < 4.78 is 39.0. The maximum atomic E-state index is 13.0. The van der Waals surface area contributed by atoms with Gasteiger partial charge < -0.3 is 5.32 Å². The second-order valence-corrected chi connectivity index (χ2v) is 6.57. The minimum atomic E-state index is -4.34. The molecule has 1 aromatic carbocycles. The van der Waals surface area contributed by atoms with Crippen molar-refractivity contribution in [3.63, 3.8) is 0 Å². The lowest BCUT2D eigenvalue weighted by atomic mass is 9.93. The van der Waals surface area contributed by atoms with Crippen LogP contribution in [-0.4, -0.2) is 31.1 Å². The van der Waals surface area contributed by atoms with Gasteiger partial charge in [0.05, 0.1) is 5.56 Å². The largest absolute Gasteiger partial charge is 0.416 e.